The van der Waals surface area contributed by atoms with Gasteiger partial charge in [0.2, 0.25) is 0 Å². The van der Waals surface area contributed by atoms with Gasteiger partial charge in [-0.1, -0.05) is 0 Å². The van der Waals surface area contributed by atoms with Crippen LogP contribution in [0.1, 0.15) is 23.2 Å². The van der Waals surface area contributed by atoms with Crippen LogP contribution in [0.2, 0.25) is 0 Å². The Morgan fingerprint density at radius 3 is 2.82 bits per heavy atom. The number of nitrogens with zero attached hydrogens (tertiary/aromatic N) is 1. The van der Waals surface area contributed by atoms with E-state index in [1.807, 2.05) is 0 Å². The summed E-state index contributed by atoms with van der Waals surface area (Å²) in [7, 11) is 0. The van der Waals surface area contributed by atoms with Crippen LogP contribution in [0.4, 0.5) is 4.39 Å². The number of aromatic hydroxyl groups is 1. The van der Waals surface area contributed by atoms with Gasteiger partial charge in [0.15, 0.2) is 0 Å². The Bertz CT molecular complexity index is 435. The van der Waals surface area contributed by atoms with Gasteiger partial charge in [-0.15, -0.1) is 11.6 Å². The van der Waals surface area contributed by atoms with E-state index in [-0.39, 0.29) is 23.3 Å². The molecule has 0 aliphatic heterocycles. The highest BCUT2D eigenvalue weighted by atomic mass is 35.5. The van der Waals surface area contributed by atoms with E-state index in [2.05, 4.69) is 0 Å². The largest absolute Gasteiger partial charge is 0.507 e. The normalized spacial score (nSPS) is 14.7. The first-order valence-corrected chi connectivity index (χ1v) is 6.02. The van der Waals surface area contributed by atoms with Crippen molar-refractivity contribution in [2.45, 2.75) is 18.9 Å². The van der Waals surface area contributed by atoms with Crippen molar-refractivity contribution in [3.05, 3.63) is 29.6 Å². The molecule has 0 radical (unpaired) electrons. The van der Waals surface area contributed by atoms with E-state index in [0.29, 0.717) is 12.4 Å². The molecule has 92 valence electrons. The number of benzene rings is 1. The minimum Gasteiger partial charge on any atom is -0.507 e. The van der Waals surface area contributed by atoms with Crippen molar-refractivity contribution in [2.24, 2.45) is 0 Å². The SMILES string of the molecule is O=C(c1cc(F)ccc1O)N(CCCl)C1CC1. The maximum absolute atomic E-state index is 13.1. The standard InChI is InChI=1S/C12H13ClFNO2/c13-5-6-15(9-2-3-9)12(17)10-7-8(14)1-4-11(10)16/h1,4,7,9,16H,2-3,5-6H2. The topological polar surface area (TPSA) is 40.5 Å². The van der Waals surface area contributed by atoms with Gasteiger partial charge in [-0.05, 0) is 31.0 Å². The summed E-state index contributed by atoms with van der Waals surface area (Å²) in [4.78, 5) is 13.7. The zero-order valence-electron chi connectivity index (χ0n) is 9.20. The van der Waals surface area contributed by atoms with Crippen LogP contribution in [-0.4, -0.2) is 34.4 Å². The molecular weight excluding hydrogens is 245 g/mol. The second-order valence-corrected chi connectivity index (χ2v) is 4.46. The Labute approximate surface area is 104 Å². The van der Waals surface area contributed by atoms with Crippen LogP contribution in [-0.2, 0) is 0 Å². The molecule has 1 amide bonds. The molecule has 0 saturated heterocycles. The number of hydrogen-bond donors (Lipinski definition) is 1. The van der Waals surface area contributed by atoms with Crippen LogP contribution in [0.3, 0.4) is 0 Å². The summed E-state index contributed by atoms with van der Waals surface area (Å²) in [6, 6.07) is 3.55. The number of alkyl halides is 1. The molecule has 1 aliphatic carbocycles. The van der Waals surface area contributed by atoms with Crippen LogP contribution in [0.25, 0.3) is 0 Å². The maximum Gasteiger partial charge on any atom is 0.258 e. The van der Waals surface area contributed by atoms with Crippen molar-refractivity contribution in [3.8, 4) is 5.75 Å². The van der Waals surface area contributed by atoms with Gasteiger partial charge in [-0.25, -0.2) is 4.39 Å². The Morgan fingerprint density at radius 2 is 2.24 bits per heavy atom. The van der Waals surface area contributed by atoms with Crippen LogP contribution >= 0.6 is 11.6 Å². The Kier molecular flexibility index (Phi) is 3.52. The number of phenolic OH excluding ortho intramolecular Hbond substituents is 1. The van der Waals surface area contributed by atoms with Gasteiger partial charge in [-0.3, -0.25) is 4.79 Å². The lowest BCUT2D eigenvalue weighted by atomic mass is 10.1. The number of carbonyl (C=O) groups is 1. The van der Waals surface area contributed by atoms with Gasteiger partial charge in [0.1, 0.15) is 11.6 Å². The quantitative estimate of drug-likeness (QED) is 0.842. The van der Waals surface area contributed by atoms with Crippen molar-refractivity contribution in [3.63, 3.8) is 0 Å². The van der Waals surface area contributed by atoms with Crippen molar-refractivity contribution in [1.29, 1.82) is 0 Å². The molecule has 1 saturated carbocycles. The highest BCUT2D eigenvalue weighted by Gasteiger charge is 2.33. The smallest absolute Gasteiger partial charge is 0.258 e. The van der Waals surface area contributed by atoms with Crippen LogP contribution < -0.4 is 0 Å². The predicted octanol–water partition coefficient (Wildman–Crippen LogP) is 2.37. The number of amides is 1. The molecule has 0 unspecified atom stereocenters. The molecule has 0 spiro atoms. The summed E-state index contributed by atoms with van der Waals surface area (Å²) in [5.41, 5.74) is 0.00187. The fraction of sp³-hybridized carbons (Fsp3) is 0.417. The lowest BCUT2D eigenvalue weighted by molar-refractivity contribution is 0.0750. The number of carbonyl (C=O) groups excluding carboxylic acids is 1. The third kappa shape index (κ3) is 2.69. The van der Waals surface area contributed by atoms with Crippen molar-refractivity contribution in [1.82, 2.24) is 4.90 Å². The first kappa shape index (κ1) is 12.2. The molecule has 1 fully saturated rings. The summed E-state index contributed by atoms with van der Waals surface area (Å²) >= 11 is 5.64. The first-order valence-electron chi connectivity index (χ1n) is 5.49. The predicted molar refractivity (Wildman–Crippen MR) is 62.8 cm³/mol. The number of halogens is 2. The molecule has 1 N–H and O–H groups in total. The molecule has 17 heavy (non-hydrogen) atoms. The van der Waals surface area contributed by atoms with Crippen molar-refractivity contribution >= 4 is 17.5 Å². The van der Waals surface area contributed by atoms with Crippen molar-refractivity contribution in [2.75, 3.05) is 12.4 Å². The second-order valence-electron chi connectivity index (χ2n) is 4.08. The van der Waals surface area contributed by atoms with Crippen molar-refractivity contribution < 1.29 is 14.3 Å². The molecule has 2 rings (SSSR count). The summed E-state index contributed by atoms with van der Waals surface area (Å²) in [6.45, 7) is 0.418. The van der Waals surface area contributed by atoms with Gasteiger partial charge in [0.05, 0.1) is 5.56 Å². The van der Waals surface area contributed by atoms with E-state index in [0.717, 1.165) is 25.0 Å². The first-order chi connectivity index (χ1) is 8.13. The Hall–Kier alpha value is -1.29. The Balaban J connectivity index is 2.24. The van der Waals surface area contributed by atoms with Gasteiger partial charge in [-0.2, -0.15) is 0 Å². The molecule has 0 bridgehead atoms. The van der Waals surface area contributed by atoms with Crippen LogP contribution in [0.5, 0.6) is 5.75 Å². The van der Waals surface area contributed by atoms with E-state index in [4.69, 9.17) is 11.6 Å². The summed E-state index contributed by atoms with van der Waals surface area (Å²) in [5, 5.41) is 9.58. The Morgan fingerprint density at radius 1 is 1.53 bits per heavy atom. The third-order valence-electron chi connectivity index (χ3n) is 2.76. The highest BCUT2D eigenvalue weighted by Crippen LogP contribution is 2.30. The lowest BCUT2D eigenvalue weighted by Gasteiger charge is -2.21. The van der Waals surface area contributed by atoms with Gasteiger partial charge >= 0.3 is 0 Å². The van der Waals surface area contributed by atoms with Crippen LogP contribution in [0, 0.1) is 5.82 Å². The fourth-order valence-corrected chi connectivity index (χ4v) is 1.94. The third-order valence-corrected chi connectivity index (χ3v) is 2.93. The molecular formula is C12H13ClFNO2. The number of rotatable bonds is 4. The zero-order chi connectivity index (χ0) is 12.4. The molecule has 0 aromatic heterocycles. The van der Waals surface area contributed by atoms with Crippen LogP contribution in [0.15, 0.2) is 18.2 Å². The molecule has 0 atom stereocenters. The highest BCUT2D eigenvalue weighted by molar-refractivity contribution is 6.18. The number of hydrogen-bond acceptors (Lipinski definition) is 2. The lowest BCUT2D eigenvalue weighted by Crippen LogP contribution is -2.34. The van der Waals surface area contributed by atoms with E-state index in [1.54, 1.807) is 4.90 Å². The summed E-state index contributed by atoms with van der Waals surface area (Å²) in [5.74, 6) is -0.757. The molecule has 0 heterocycles. The van der Waals surface area contributed by atoms with E-state index in [1.165, 1.54) is 6.07 Å². The monoisotopic (exact) mass is 257 g/mol. The minimum absolute atomic E-state index is 0.00187. The zero-order valence-corrected chi connectivity index (χ0v) is 9.95. The summed E-state index contributed by atoms with van der Waals surface area (Å²) in [6.07, 6.45) is 1.89. The van der Waals surface area contributed by atoms with E-state index < -0.39 is 5.82 Å². The minimum atomic E-state index is -0.534. The molecule has 5 heteroatoms. The summed E-state index contributed by atoms with van der Waals surface area (Å²) < 4.78 is 13.1. The maximum atomic E-state index is 13.1. The molecule has 3 nitrogen and oxygen atoms in total. The van der Waals surface area contributed by atoms with Gasteiger partial charge < -0.3 is 10.0 Å². The van der Waals surface area contributed by atoms with Gasteiger partial charge in [0.25, 0.3) is 5.91 Å². The van der Waals surface area contributed by atoms with E-state index >= 15 is 0 Å². The van der Waals surface area contributed by atoms with E-state index in [9.17, 15) is 14.3 Å². The number of phenols is 1. The molecule has 1 aromatic carbocycles. The average Bonchev–Trinajstić information content (AvgIpc) is 3.12. The second kappa shape index (κ2) is 4.92. The molecule has 1 aromatic rings. The fourth-order valence-electron chi connectivity index (χ4n) is 1.76. The average molecular weight is 258 g/mol. The van der Waals surface area contributed by atoms with Gasteiger partial charge in [0, 0.05) is 18.5 Å². The molecule has 1 aliphatic rings.